The van der Waals surface area contributed by atoms with Crippen LogP contribution in [0.25, 0.3) is 0 Å². The molecule has 8 heteroatoms. The van der Waals surface area contributed by atoms with Crippen molar-refractivity contribution in [3.63, 3.8) is 0 Å². The van der Waals surface area contributed by atoms with Crippen molar-refractivity contribution in [2.75, 3.05) is 19.8 Å². The highest BCUT2D eigenvalue weighted by Gasteiger charge is 2.31. The predicted octanol–water partition coefficient (Wildman–Crippen LogP) is 0.207. The number of hydrogen-bond acceptors (Lipinski definition) is 5. The molecule has 2 aliphatic heterocycles. The molecule has 1 aromatic rings. The summed E-state index contributed by atoms with van der Waals surface area (Å²) in [5.41, 5.74) is 1.32. The number of carboxylic acid groups (broad SMARTS) is 1. The van der Waals surface area contributed by atoms with E-state index in [0.29, 0.717) is 25.1 Å². The normalized spacial score (nSPS) is 23.0. The molecule has 0 spiro atoms. The number of amides is 3. The van der Waals surface area contributed by atoms with Crippen molar-refractivity contribution < 1.29 is 29.0 Å². The van der Waals surface area contributed by atoms with E-state index in [1.807, 2.05) is 0 Å². The van der Waals surface area contributed by atoms with Gasteiger partial charge in [0.15, 0.2) is 0 Å². The summed E-state index contributed by atoms with van der Waals surface area (Å²) < 4.78 is 5.29. The van der Waals surface area contributed by atoms with Crippen LogP contribution in [-0.4, -0.2) is 59.5 Å². The zero-order chi connectivity index (χ0) is 18.7. The molecule has 8 nitrogen and oxygen atoms in total. The minimum Gasteiger partial charge on any atom is -0.481 e. The molecule has 2 fully saturated rings. The van der Waals surface area contributed by atoms with E-state index < -0.39 is 12.0 Å². The summed E-state index contributed by atoms with van der Waals surface area (Å²) in [6.45, 7) is 0.939. The quantitative estimate of drug-likeness (QED) is 0.726. The van der Waals surface area contributed by atoms with Crippen molar-refractivity contribution in [2.24, 2.45) is 5.92 Å². The molecule has 2 unspecified atom stereocenters. The zero-order valence-electron chi connectivity index (χ0n) is 14.1. The van der Waals surface area contributed by atoms with E-state index in [1.54, 1.807) is 24.3 Å². The van der Waals surface area contributed by atoms with Crippen molar-refractivity contribution in [1.82, 2.24) is 10.2 Å². The summed E-state index contributed by atoms with van der Waals surface area (Å²) >= 11 is 0. The average Bonchev–Trinajstić information content (AvgIpc) is 2.92. The summed E-state index contributed by atoms with van der Waals surface area (Å²) in [7, 11) is 0. The highest BCUT2D eigenvalue weighted by Crippen LogP contribution is 2.19. The number of nitrogens with one attached hydrogen (secondary N) is 1. The van der Waals surface area contributed by atoms with Gasteiger partial charge in [0.05, 0.1) is 31.6 Å². The van der Waals surface area contributed by atoms with Crippen molar-refractivity contribution >= 4 is 23.7 Å². The Hall–Kier alpha value is -2.74. The Bertz CT molecular complexity index is 730. The van der Waals surface area contributed by atoms with Gasteiger partial charge in [0.25, 0.3) is 5.91 Å². The summed E-state index contributed by atoms with van der Waals surface area (Å²) in [5.74, 6) is -2.11. The number of morpholine rings is 1. The van der Waals surface area contributed by atoms with Crippen LogP contribution in [0.5, 0.6) is 0 Å². The van der Waals surface area contributed by atoms with Gasteiger partial charge in [0.1, 0.15) is 0 Å². The van der Waals surface area contributed by atoms with E-state index in [9.17, 15) is 19.2 Å². The molecular formula is C18H20N2O6. The van der Waals surface area contributed by atoms with E-state index in [4.69, 9.17) is 9.84 Å². The van der Waals surface area contributed by atoms with E-state index in [-0.39, 0.29) is 43.1 Å². The maximum atomic E-state index is 12.7. The molecule has 26 heavy (non-hydrogen) atoms. The van der Waals surface area contributed by atoms with Gasteiger partial charge in [-0.3, -0.25) is 24.5 Å². The first-order valence-corrected chi connectivity index (χ1v) is 8.47. The molecule has 2 heterocycles. The first-order chi connectivity index (χ1) is 12.4. The number of hydrogen-bond donors (Lipinski definition) is 2. The number of carbonyl (C=O) groups is 4. The average molecular weight is 360 g/mol. The molecule has 2 saturated heterocycles. The van der Waals surface area contributed by atoms with Crippen LogP contribution in [0.2, 0.25) is 0 Å². The van der Waals surface area contributed by atoms with Crippen LogP contribution in [0.3, 0.4) is 0 Å². The van der Waals surface area contributed by atoms with Gasteiger partial charge >= 0.3 is 5.97 Å². The Morgan fingerprint density at radius 2 is 1.96 bits per heavy atom. The number of rotatable bonds is 5. The maximum Gasteiger partial charge on any atom is 0.305 e. The van der Waals surface area contributed by atoms with Gasteiger partial charge in [0, 0.05) is 18.5 Å². The Labute approximate surface area is 150 Å². The smallest absolute Gasteiger partial charge is 0.305 e. The van der Waals surface area contributed by atoms with Crippen LogP contribution in [-0.2, 0) is 25.5 Å². The Morgan fingerprint density at radius 3 is 2.58 bits per heavy atom. The maximum absolute atomic E-state index is 12.7. The SMILES string of the molecule is O=C(O)CC1COCCN1C(=O)c1ccc(CC2CC(=O)NC2=O)cc1. The van der Waals surface area contributed by atoms with Crippen molar-refractivity contribution in [3.8, 4) is 0 Å². The molecular weight excluding hydrogens is 340 g/mol. The molecule has 0 radical (unpaired) electrons. The Morgan fingerprint density at radius 1 is 1.23 bits per heavy atom. The number of carboxylic acids is 1. The summed E-state index contributed by atoms with van der Waals surface area (Å²) in [6.07, 6.45) is 0.462. The largest absolute Gasteiger partial charge is 0.481 e. The van der Waals surface area contributed by atoms with E-state index in [2.05, 4.69) is 5.32 Å². The number of benzene rings is 1. The van der Waals surface area contributed by atoms with Crippen LogP contribution in [0.4, 0.5) is 0 Å². The molecule has 1 aromatic carbocycles. The molecule has 2 N–H and O–H groups in total. The van der Waals surface area contributed by atoms with Gasteiger partial charge < -0.3 is 14.7 Å². The second-order valence-electron chi connectivity index (χ2n) is 6.54. The fourth-order valence-electron chi connectivity index (χ4n) is 3.30. The number of nitrogens with zero attached hydrogens (tertiary/aromatic N) is 1. The number of carbonyl (C=O) groups excluding carboxylic acids is 3. The first kappa shape index (κ1) is 18.1. The lowest BCUT2D eigenvalue weighted by molar-refractivity contribution is -0.139. The van der Waals surface area contributed by atoms with Crippen LogP contribution < -0.4 is 5.32 Å². The predicted molar refractivity (Wildman–Crippen MR) is 89.3 cm³/mol. The summed E-state index contributed by atoms with van der Waals surface area (Å²) in [6, 6.07) is 6.37. The molecule has 0 aliphatic carbocycles. The third-order valence-electron chi connectivity index (χ3n) is 4.65. The second-order valence-corrected chi connectivity index (χ2v) is 6.54. The van der Waals surface area contributed by atoms with E-state index in [1.165, 1.54) is 4.90 Å². The van der Waals surface area contributed by atoms with Crippen LogP contribution in [0.15, 0.2) is 24.3 Å². The van der Waals surface area contributed by atoms with E-state index >= 15 is 0 Å². The fourth-order valence-corrected chi connectivity index (χ4v) is 3.30. The highest BCUT2D eigenvalue weighted by atomic mass is 16.5. The third-order valence-corrected chi connectivity index (χ3v) is 4.65. The van der Waals surface area contributed by atoms with Gasteiger partial charge in [-0.15, -0.1) is 0 Å². The minimum absolute atomic E-state index is 0.158. The number of ether oxygens (including phenoxy) is 1. The topological polar surface area (TPSA) is 113 Å². The van der Waals surface area contributed by atoms with Gasteiger partial charge in [-0.25, -0.2) is 0 Å². The molecule has 2 atom stereocenters. The Kier molecular flexibility index (Phi) is 5.32. The van der Waals surface area contributed by atoms with Crippen LogP contribution >= 0.6 is 0 Å². The lowest BCUT2D eigenvalue weighted by Gasteiger charge is -2.34. The summed E-state index contributed by atoms with van der Waals surface area (Å²) in [5, 5.41) is 11.3. The molecule has 2 aliphatic rings. The standard InChI is InChI=1S/C18H20N2O6/c21-15-8-13(17(24)19-15)7-11-1-3-12(4-2-11)18(25)20-5-6-26-10-14(20)9-16(22)23/h1-4,13-14H,5-10H2,(H,22,23)(H,19,21,24). The molecule has 0 saturated carbocycles. The van der Waals surface area contributed by atoms with E-state index in [0.717, 1.165) is 5.56 Å². The molecule has 138 valence electrons. The lowest BCUT2D eigenvalue weighted by Crippen LogP contribution is -2.49. The highest BCUT2D eigenvalue weighted by molar-refractivity contribution is 6.03. The molecule has 0 aromatic heterocycles. The number of imide groups is 1. The van der Waals surface area contributed by atoms with Gasteiger partial charge in [-0.05, 0) is 24.1 Å². The van der Waals surface area contributed by atoms with Crippen LogP contribution in [0.1, 0.15) is 28.8 Å². The zero-order valence-corrected chi connectivity index (χ0v) is 14.1. The van der Waals surface area contributed by atoms with Gasteiger partial charge in [0.2, 0.25) is 11.8 Å². The van der Waals surface area contributed by atoms with Crippen molar-refractivity contribution in [3.05, 3.63) is 35.4 Å². The molecule has 3 rings (SSSR count). The Balaban J connectivity index is 1.67. The minimum atomic E-state index is -0.974. The van der Waals surface area contributed by atoms with Crippen LogP contribution in [0, 0.1) is 5.92 Å². The molecule has 0 bridgehead atoms. The third kappa shape index (κ3) is 4.08. The number of aliphatic carboxylic acids is 1. The molecule has 3 amide bonds. The fraction of sp³-hybridized carbons (Fsp3) is 0.444. The second kappa shape index (κ2) is 7.65. The van der Waals surface area contributed by atoms with Crippen molar-refractivity contribution in [1.29, 1.82) is 0 Å². The summed E-state index contributed by atoms with van der Waals surface area (Å²) in [4.78, 5) is 48.1. The first-order valence-electron chi connectivity index (χ1n) is 8.47. The van der Waals surface area contributed by atoms with Gasteiger partial charge in [-0.1, -0.05) is 12.1 Å². The van der Waals surface area contributed by atoms with Crippen molar-refractivity contribution in [2.45, 2.75) is 25.3 Å². The lowest BCUT2D eigenvalue weighted by atomic mass is 9.97. The monoisotopic (exact) mass is 360 g/mol. The van der Waals surface area contributed by atoms with Gasteiger partial charge in [-0.2, -0.15) is 0 Å².